The zero-order valence-corrected chi connectivity index (χ0v) is 14.7. The van der Waals surface area contributed by atoms with E-state index in [4.69, 9.17) is 32.1 Å². The number of hydrogen-bond acceptors (Lipinski definition) is 4. The Kier molecular flexibility index (Phi) is 6.30. The van der Waals surface area contributed by atoms with Crippen molar-refractivity contribution in [1.82, 2.24) is 0 Å². The van der Waals surface area contributed by atoms with E-state index in [1.807, 2.05) is 12.1 Å². The SMILES string of the molecule is CS(=O)(=O)OC[C@@H](COc1ccc(Cl)cc1)c1ccc(Cl)cc1. The normalized spacial score (nSPS) is 12.8. The van der Waals surface area contributed by atoms with Gasteiger partial charge in [-0.2, -0.15) is 8.42 Å². The van der Waals surface area contributed by atoms with Gasteiger partial charge in [-0.15, -0.1) is 0 Å². The van der Waals surface area contributed by atoms with Gasteiger partial charge in [-0.25, -0.2) is 0 Å². The van der Waals surface area contributed by atoms with Gasteiger partial charge in [0.1, 0.15) is 5.75 Å². The van der Waals surface area contributed by atoms with Gasteiger partial charge >= 0.3 is 0 Å². The van der Waals surface area contributed by atoms with Crippen molar-refractivity contribution in [1.29, 1.82) is 0 Å². The molecule has 0 amide bonds. The van der Waals surface area contributed by atoms with E-state index in [1.54, 1.807) is 36.4 Å². The molecule has 0 aliphatic heterocycles. The third kappa shape index (κ3) is 6.39. The highest BCUT2D eigenvalue weighted by atomic mass is 35.5. The first-order valence-corrected chi connectivity index (χ1v) is 9.39. The van der Waals surface area contributed by atoms with E-state index in [1.165, 1.54) is 0 Å². The molecule has 1 atom stereocenters. The monoisotopic (exact) mass is 374 g/mol. The van der Waals surface area contributed by atoms with Crippen LogP contribution in [0, 0.1) is 0 Å². The lowest BCUT2D eigenvalue weighted by Crippen LogP contribution is -2.18. The summed E-state index contributed by atoms with van der Waals surface area (Å²) in [6.07, 6.45) is 1.02. The fraction of sp³-hybridized carbons (Fsp3) is 0.250. The van der Waals surface area contributed by atoms with Gasteiger partial charge in [-0.05, 0) is 42.0 Å². The zero-order chi connectivity index (χ0) is 16.9. The fourth-order valence-electron chi connectivity index (χ4n) is 1.91. The molecule has 0 fully saturated rings. The average Bonchev–Trinajstić information content (AvgIpc) is 2.49. The van der Waals surface area contributed by atoms with E-state index >= 15 is 0 Å². The first-order valence-electron chi connectivity index (χ1n) is 6.82. The van der Waals surface area contributed by atoms with Gasteiger partial charge in [-0.1, -0.05) is 35.3 Å². The summed E-state index contributed by atoms with van der Waals surface area (Å²) in [6.45, 7) is 0.257. The number of halogens is 2. The van der Waals surface area contributed by atoms with Gasteiger partial charge < -0.3 is 4.74 Å². The minimum atomic E-state index is -3.52. The summed E-state index contributed by atoms with van der Waals surface area (Å²) >= 11 is 11.7. The molecule has 2 rings (SSSR count). The Hall–Kier alpha value is -1.27. The molecule has 0 bridgehead atoms. The highest BCUT2D eigenvalue weighted by molar-refractivity contribution is 7.85. The second kappa shape index (κ2) is 8.02. The summed E-state index contributed by atoms with van der Waals surface area (Å²) in [5.74, 6) is 0.394. The van der Waals surface area contributed by atoms with E-state index in [9.17, 15) is 8.42 Å². The Bertz CT molecular complexity index is 728. The Morgan fingerprint density at radius 1 is 0.913 bits per heavy atom. The fourth-order valence-corrected chi connectivity index (χ4v) is 2.57. The van der Waals surface area contributed by atoms with E-state index in [-0.39, 0.29) is 19.1 Å². The Labute approximate surface area is 146 Å². The molecule has 0 aromatic heterocycles. The molecule has 2 aromatic carbocycles. The van der Waals surface area contributed by atoms with E-state index in [0.29, 0.717) is 15.8 Å². The van der Waals surface area contributed by atoms with E-state index < -0.39 is 10.1 Å². The molecule has 4 nitrogen and oxygen atoms in total. The molecule has 124 valence electrons. The van der Waals surface area contributed by atoms with Crippen molar-refractivity contribution >= 4 is 33.3 Å². The summed E-state index contributed by atoms with van der Waals surface area (Å²) in [4.78, 5) is 0. The van der Waals surface area contributed by atoms with Crippen LogP contribution >= 0.6 is 23.2 Å². The van der Waals surface area contributed by atoms with Gasteiger partial charge in [0.2, 0.25) is 0 Å². The van der Waals surface area contributed by atoms with E-state index in [2.05, 4.69) is 0 Å². The molecule has 7 heteroatoms. The van der Waals surface area contributed by atoms with Crippen LogP contribution in [0.2, 0.25) is 10.0 Å². The predicted octanol–water partition coefficient (Wildman–Crippen LogP) is 4.13. The molecule has 0 radical (unpaired) electrons. The minimum absolute atomic E-state index is 0.00590. The van der Waals surface area contributed by atoms with Crippen molar-refractivity contribution in [3.63, 3.8) is 0 Å². The molecule has 0 saturated heterocycles. The minimum Gasteiger partial charge on any atom is -0.493 e. The van der Waals surface area contributed by atoms with Crippen molar-refractivity contribution in [2.45, 2.75) is 5.92 Å². The maximum atomic E-state index is 11.2. The van der Waals surface area contributed by atoms with Crippen molar-refractivity contribution in [3.8, 4) is 5.75 Å². The molecule has 0 heterocycles. The first kappa shape index (κ1) is 18.1. The van der Waals surface area contributed by atoms with Crippen LogP contribution in [0.25, 0.3) is 0 Å². The van der Waals surface area contributed by atoms with Crippen molar-refractivity contribution < 1.29 is 17.3 Å². The van der Waals surface area contributed by atoms with Crippen molar-refractivity contribution in [2.24, 2.45) is 0 Å². The summed E-state index contributed by atoms with van der Waals surface area (Å²) < 4.78 is 33.1. The standard InChI is InChI=1S/C16H16Cl2O4S/c1-23(19,20)22-11-13(12-2-4-14(17)5-3-12)10-21-16-8-6-15(18)7-9-16/h2-9,13H,10-11H2,1H3/t13-/m1/s1. The van der Waals surface area contributed by atoms with Crippen LogP contribution in [-0.2, 0) is 14.3 Å². The topological polar surface area (TPSA) is 52.6 Å². The quantitative estimate of drug-likeness (QED) is 0.683. The zero-order valence-electron chi connectivity index (χ0n) is 12.4. The maximum absolute atomic E-state index is 11.2. The third-order valence-electron chi connectivity index (χ3n) is 3.09. The highest BCUT2D eigenvalue weighted by Crippen LogP contribution is 2.22. The lowest BCUT2D eigenvalue weighted by atomic mass is 10.0. The molecule has 0 aliphatic rings. The smallest absolute Gasteiger partial charge is 0.264 e. The van der Waals surface area contributed by atoms with Gasteiger partial charge in [0.05, 0.1) is 19.5 Å². The molecule has 0 spiro atoms. The van der Waals surface area contributed by atoms with Crippen LogP contribution in [0.15, 0.2) is 48.5 Å². The van der Waals surface area contributed by atoms with Crippen LogP contribution in [0.1, 0.15) is 11.5 Å². The Balaban J connectivity index is 2.09. The summed E-state index contributed by atoms with van der Waals surface area (Å²) in [5, 5.41) is 1.22. The number of hydrogen-bond donors (Lipinski definition) is 0. The van der Waals surface area contributed by atoms with E-state index in [0.717, 1.165) is 11.8 Å². The molecule has 0 aliphatic carbocycles. The lowest BCUT2D eigenvalue weighted by molar-refractivity contribution is 0.223. The lowest BCUT2D eigenvalue weighted by Gasteiger charge is -2.18. The predicted molar refractivity (Wildman–Crippen MR) is 91.9 cm³/mol. The van der Waals surface area contributed by atoms with Gasteiger partial charge in [0.25, 0.3) is 10.1 Å². The molecule has 0 N–H and O–H groups in total. The molecule has 0 unspecified atom stereocenters. The highest BCUT2D eigenvalue weighted by Gasteiger charge is 2.16. The molecular formula is C16H16Cl2O4S. The largest absolute Gasteiger partial charge is 0.493 e. The molecule has 23 heavy (non-hydrogen) atoms. The second-order valence-electron chi connectivity index (χ2n) is 5.00. The summed E-state index contributed by atoms with van der Waals surface area (Å²) in [6, 6.07) is 14.1. The van der Waals surface area contributed by atoms with Crippen LogP contribution in [0.4, 0.5) is 0 Å². The third-order valence-corrected chi connectivity index (χ3v) is 4.16. The maximum Gasteiger partial charge on any atom is 0.264 e. The van der Waals surface area contributed by atoms with Crippen molar-refractivity contribution in [3.05, 3.63) is 64.1 Å². The number of rotatable bonds is 7. The van der Waals surface area contributed by atoms with Crippen molar-refractivity contribution in [2.75, 3.05) is 19.5 Å². The average molecular weight is 375 g/mol. The Morgan fingerprint density at radius 2 is 1.43 bits per heavy atom. The van der Waals surface area contributed by atoms with Crippen LogP contribution in [0.3, 0.4) is 0 Å². The van der Waals surface area contributed by atoms with Crippen LogP contribution in [0.5, 0.6) is 5.75 Å². The number of benzene rings is 2. The summed E-state index contributed by atoms with van der Waals surface area (Å²) in [5.41, 5.74) is 0.881. The molecule has 0 saturated carbocycles. The first-order chi connectivity index (χ1) is 10.8. The molecule has 2 aromatic rings. The molecular weight excluding hydrogens is 359 g/mol. The summed E-state index contributed by atoms with van der Waals surface area (Å²) in [7, 11) is -3.52. The van der Waals surface area contributed by atoms with Crippen LogP contribution in [-0.4, -0.2) is 27.9 Å². The second-order valence-corrected chi connectivity index (χ2v) is 7.52. The van der Waals surface area contributed by atoms with Gasteiger partial charge in [0, 0.05) is 16.0 Å². The van der Waals surface area contributed by atoms with Gasteiger partial charge in [0.15, 0.2) is 0 Å². The van der Waals surface area contributed by atoms with Crippen LogP contribution < -0.4 is 4.74 Å². The van der Waals surface area contributed by atoms with Gasteiger partial charge in [-0.3, -0.25) is 4.18 Å². The Morgan fingerprint density at radius 3 is 1.96 bits per heavy atom. The number of ether oxygens (including phenoxy) is 1.